The first kappa shape index (κ1) is 18.5. The van der Waals surface area contributed by atoms with Gasteiger partial charge in [0.25, 0.3) is 6.43 Å². The average Bonchev–Trinajstić information content (AvgIpc) is 2.81. The molecule has 4 nitrogen and oxygen atoms in total. The van der Waals surface area contributed by atoms with Crippen LogP contribution in [-0.4, -0.2) is 48.6 Å². The van der Waals surface area contributed by atoms with Gasteiger partial charge in [-0.25, -0.2) is 13.8 Å². The number of halogens is 2. The molecule has 0 amide bonds. The maximum atomic E-state index is 12.3. The van der Waals surface area contributed by atoms with E-state index in [1.807, 2.05) is 6.07 Å². The molecule has 2 N–H and O–H groups in total. The van der Waals surface area contributed by atoms with Gasteiger partial charge in [0.05, 0.1) is 0 Å². The highest BCUT2D eigenvalue weighted by atomic mass is 19.3. The first-order chi connectivity index (χ1) is 12.1. The Morgan fingerprint density at radius 3 is 2.68 bits per heavy atom. The summed E-state index contributed by atoms with van der Waals surface area (Å²) in [6.45, 7) is 2.55. The molecule has 6 heteroatoms. The lowest BCUT2D eigenvalue weighted by molar-refractivity contribution is 0.0794. The van der Waals surface area contributed by atoms with Gasteiger partial charge >= 0.3 is 0 Å². The molecule has 0 spiro atoms. The number of pyridine rings is 1. The number of nitrogens with two attached hydrogens (primary N) is 1. The first-order valence-corrected chi connectivity index (χ1v) is 9.48. The van der Waals surface area contributed by atoms with Crippen molar-refractivity contribution in [3.63, 3.8) is 0 Å². The third-order valence-corrected chi connectivity index (χ3v) is 5.51. The van der Waals surface area contributed by atoms with Crippen LogP contribution in [0.3, 0.4) is 0 Å². The minimum absolute atomic E-state index is 0.311. The van der Waals surface area contributed by atoms with Gasteiger partial charge in [-0.15, -0.1) is 0 Å². The van der Waals surface area contributed by atoms with Crippen LogP contribution in [0.4, 0.5) is 8.78 Å². The lowest BCUT2D eigenvalue weighted by atomic mass is 9.84. The number of fused-ring (bicyclic) bond motifs is 1. The Bertz CT molecular complexity index is 547. The van der Waals surface area contributed by atoms with Crippen molar-refractivity contribution >= 4 is 0 Å². The summed E-state index contributed by atoms with van der Waals surface area (Å²) in [5.41, 5.74) is 8.20. The van der Waals surface area contributed by atoms with Gasteiger partial charge < -0.3 is 15.4 Å². The molecule has 1 aromatic rings. The molecule has 1 saturated carbocycles. The van der Waals surface area contributed by atoms with Gasteiger partial charge in [0.2, 0.25) is 5.88 Å². The highest BCUT2D eigenvalue weighted by Crippen LogP contribution is 2.26. The molecule has 1 aliphatic heterocycles. The predicted molar refractivity (Wildman–Crippen MR) is 94.1 cm³/mol. The average molecular weight is 353 g/mol. The molecule has 1 fully saturated rings. The summed E-state index contributed by atoms with van der Waals surface area (Å²) >= 11 is 0. The van der Waals surface area contributed by atoms with Gasteiger partial charge in [-0.1, -0.05) is 6.07 Å². The van der Waals surface area contributed by atoms with Crippen molar-refractivity contribution in [2.24, 2.45) is 11.7 Å². The number of alkyl halides is 2. The van der Waals surface area contributed by atoms with Gasteiger partial charge in [0, 0.05) is 37.3 Å². The molecule has 140 valence electrons. The van der Waals surface area contributed by atoms with E-state index in [-0.39, 0.29) is 0 Å². The predicted octanol–water partition coefficient (Wildman–Crippen LogP) is 3.03. The van der Waals surface area contributed by atoms with Gasteiger partial charge in [-0.3, -0.25) is 0 Å². The normalized spacial score (nSPS) is 24.8. The Balaban J connectivity index is 1.48. The summed E-state index contributed by atoms with van der Waals surface area (Å²) in [5, 5.41) is 0. The standard InChI is InChI=1S/C19H29F2N3O/c20-18(21)13-25-19-6-3-15-8-11-24(12-9-17(15)23-19)10-7-14-1-4-16(22)5-2-14/h3,6,14,16,18H,1-2,4-5,7-13,22H2/t14-,16-. The van der Waals surface area contributed by atoms with Crippen LogP contribution in [-0.2, 0) is 12.8 Å². The van der Waals surface area contributed by atoms with Crippen LogP contribution < -0.4 is 10.5 Å². The third-order valence-electron chi connectivity index (χ3n) is 5.51. The Morgan fingerprint density at radius 1 is 1.16 bits per heavy atom. The Hall–Kier alpha value is -1.27. The van der Waals surface area contributed by atoms with Crippen LogP contribution in [0, 0.1) is 5.92 Å². The van der Waals surface area contributed by atoms with Crippen molar-refractivity contribution in [1.82, 2.24) is 9.88 Å². The van der Waals surface area contributed by atoms with Crippen LogP contribution in [0.5, 0.6) is 5.88 Å². The summed E-state index contributed by atoms with van der Waals surface area (Å²) in [6, 6.07) is 4.11. The van der Waals surface area contributed by atoms with Crippen LogP contribution >= 0.6 is 0 Å². The fourth-order valence-electron chi connectivity index (χ4n) is 3.90. The van der Waals surface area contributed by atoms with E-state index in [9.17, 15) is 8.78 Å². The summed E-state index contributed by atoms with van der Waals surface area (Å²) in [7, 11) is 0. The van der Waals surface area contributed by atoms with Crippen molar-refractivity contribution in [2.45, 2.75) is 57.4 Å². The monoisotopic (exact) mass is 353 g/mol. The highest BCUT2D eigenvalue weighted by molar-refractivity contribution is 5.27. The molecule has 1 aliphatic carbocycles. The molecule has 3 rings (SSSR count). The van der Waals surface area contributed by atoms with Gasteiger partial charge in [-0.2, -0.15) is 0 Å². The molecule has 2 heterocycles. The number of nitrogens with zero attached hydrogens (tertiary/aromatic N) is 2. The minimum atomic E-state index is -2.47. The maximum Gasteiger partial charge on any atom is 0.272 e. The topological polar surface area (TPSA) is 51.4 Å². The van der Waals surface area contributed by atoms with E-state index < -0.39 is 13.0 Å². The second kappa shape index (κ2) is 8.90. The molecule has 1 aromatic heterocycles. The van der Waals surface area contributed by atoms with Gasteiger partial charge in [-0.05, 0) is 56.6 Å². The fraction of sp³-hybridized carbons (Fsp3) is 0.737. The largest absolute Gasteiger partial charge is 0.472 e. The smallest absolute Gasteiger partial charge is 0.272 e. The maximum absolute atomic E-state index is 12.3. The van der Waals surface area contributed by atoms with Crippen LogP contribution in [0.25, 0.3) is 0 Å². The lowest BCUT2D eigenvalue weighted by Gasteiger charge is -2.28. The molecule has 0 aromatic carbocycles. The number of aromatic nitrogens is 1. The molecule has 25 heavy (non-hydrogen) atoms. The SMILES string of the molecule is N[C@H]1CC[C@H](CCN2CCc3ccc(OCC(F)F)nc3CC2)CC1. The quantitative estimate of drug-likeness (QED) is 0.854. The van der Waals surface area contributed by atoms with Gasteiger partial charge in [0.1, 0.15) is 0 Å². The third kappa shape index (κ3) is 5.61. The molecular formula is C19H29F2N3O. The zero-order chi connectivity index (χ0) is 17.6. The lowest BCUT2D eigenvalue weighted by Crippen LogP contribution is -2.31. The Labute approximate surface area is 148 Å². The Kier molecular flexibility index (Phi) is 6.59. The van der Waals surface area contributed by atoms with Crippen molar-refractivity contribution in [3.8, 4) is 5.88 Å². The van der Waals surface area contributed by atoms with Crippen molar-refractivity contribution in [1.29, 1.82) is 0 Å². The van der Waals surface area contributed by atoms with E-state index in [4.69, 9.17) is 10.5 Å². The van der Waals surface area contributed by atoms with E-state index in [1.165, 1.54) is 37.7 Å². The first-order valence-electron chi connectivity index (χ1n) is 9.48. The summed E-state index contributed by atoms with van der Waals surface area (Å²) < 4.78 is 29.6. The van der Waals surface area contributed by atoms with Crippen LogP contribution in [0.2, 0.25) is 0 Å². The highest BCUT2D eigenvalue weighted by Gasteiger charge is 2.21. The molecule has 0 unspecified atom stereocenters. The number of ether oxygens (including phenoxy) is 1. The molecule has 0 saturated heterocycles. The summed E-state index contributed by atoms with van der Waals surface area (Å²) in [5.74, 6) is 1.13. The molecule has 0 radical (unpaired) electrons. The van der Waals surface area contributed by atoms with Crippen molar-refractivity contribution in [3.05, 3.63) is 23.4 Å². The second-order valence-corrected chi connectivity index (χ2v) is 7.37. The minimum Gasteiger partial charge on any atom is -0.472 e. The van der Waals surface area contributed by atoms with E-state index >= 15 is 0 Å². The van der Waals surface area contributed by atoms with Gasteiger partial charge in [0.15, 0.2) is 6.61 Å². The fourth-order valence-corrected chi connectivity index (χ4v) is 3.90. The van der Waals surface area contributed by atoms with Crippen molar-refractivity contribution in [2.75, 3.05) is 26.2 Å². The summed E-state index contributed by atoms with van der Waals surface area (Å²) in [6.07, 6.45) is 5.47. The van der Waals surface area contributed by atoms with E-state index in [1.54, 1.807) is 6.07 Å². The van der Waals surface area contributed by atoms with Crippen LogP contribution in [0.15, 0.2) is 12.1 Å². The molecule has 0 bridgehead atoms. The molecule has 2 aliphatic rings. The zero-order valence-electron chi connectivity index (χ0n) is 14.8. The van der Waals surface area contributed by atoms with E-state index in [0.29, 0.717) is 11.9 Å². The van der Waals surface area contributed by atoms with E-state index in [2.05, 4.69) is 9.88 Å². The van der Waals surface area contributed by atoms with Crippen LogP contribution in [0.1, 0.15) is 43.4 Å². The zero-order valence-corrected chi connectivity index (χ0v) is 14.8. The van der Waals surface area contributed by atoms with Crippen molar-refractivity contribution < 1.29 is 13.5 Å². The number of hydrogen-bond acceptors (Lipinski definition) is 4. The molecule has 0 atom stereocenters. The number of hydrogen-bond donors (Lipinski definition) is 1. The summed E-state index contributed by atoms with van der Waals surface area (Å²) in [4.78, 5) is 6.95. The van der Waals surface area contributed by atoms with E-state index in [0.717, 1.165) is 44.1 Å². The second-order valence-electron chi connectivity index (χ2n) is 7.37. The molecular weight excluding hydrogens is 324 g/mol. The number of rotatable bonds is 6. The Morgan fingerprint density at radius 2 is 1.92 bits per heavy atom.